The normalized spacial score (nSPS) is 11.1. The third kappa shape index (κ3) is 5.80. The van der Waals surface area contributed by atoms with Gasteiger partial charge in [0.15, 0.2) is 0 Å². The number of hydrogen-bond acceptors (Lipinski definition) is 6. The lowest BCUT2D eigenvalue weighted by Crippen LogP contribution is -2.16. The molecule has 1 amide bonds. The molecule has 0 radical (unpaired) electrons. The van der Waals surface area contributed by atoms with Gasteiger partial charge in [-0.05, 0) is 69.3 Å². The van der Waals surface area contributed by atoms with E-state index in [1.165, 1.54) is 24.3 Å². The highest BCUT2D eigenvalue weighted by atomic mass is 79.9. The van der Waals surface area contributed by atoms with Crippen molar-refractivity contribution in [3.63, 3.8) is 0 Å². The fourth-order valence-corrected chi connectivity index (χ4v) is 4.13. The maximum atomic E-state index is 12.7. The van der Waals surface area contributed by atoms with E-state index in [0.29, 0.717) is 35.0 Å². The molecule has 2 aromatic carbocycles. The number of carbonyl (C=O) groups excluding carboxylic acids is 1. The molecule has 8 nitrogen and oxygen atoms in total. The summed E-state index contributed by atoms with van der Waals surface area (Å²) in [6.45, 7) is 5.77. The smallest absolute Gasteiger partial charge is 0.264 e. The molecular formula is C21H21BrN4O4S. The number of nitrogens with one attached hydrogen (secondary N) is 2. The van der Waals surface area contributed by atoms with Gasteiger partial charge in [-0.1, -0.05) is 15.9 Å². The number of benzene rings is 2. The quantitative estimate of drug-likeness (QED) is 0.495. The Hall–Kier alpha value is -2.98. The predicted molar refractivity (Wildman–Crippen MR) is 122 cm³/mol. The lowest BCUT2D eigenvalue weighted by Gasteiger charge is -2.12. The number of halogens is 1. The average molecular weight is 505 g/mol. The maximum Gasteiger partial charge on any atom is 0.264 e. The summed E-state index contributed by atoms with van der Waals surface area (Å²) < 4.78 is 33.9. The second kappa shape index (κ2) is 9.44. The van der Waals surface area contributed by atoms with Crippen LogP contribution in [0.5, 0.6) is 5.75 Å². The van der Waals surface area contributed by atoms with Gasteiger partial charge in [-0.25, -0.2) is 23.1 Å². The van der Waals surface area contributed by atoms with E-state index in [1.807, 2.05) is 6.92 Å². The van der Waals surface area contributed by atoms with E-state index in [1.54, 1.807) is 38.1 Å². The molecule has 0 bridgehead atoms. The third-order valence-electron chi connectivity index (χ3n) is 4.12. The van der Waals surface area contributed by atoms with E-state index in [9.17, 15) is 13.2 Å². The van der Waals surface area contributed by atoms with Gasteiger partial charge in [-0.3, -0.25) is 4.79 Å². The highest BCUT2D eigenvalue weighted by molar-refractivity contribution is 9.10. The van der Waals surface area contributed by atoms with Crippen LogP contribution in [0.4, 0.5) is 11.6 Å². The number of amides is 1. The standard InChI is InChI=1S/C21H21BrN4O4S/c1-4-30-19-10-5-15(22)12-18(19)20(27)25-16-6-8-17(9-7-16)31(28,29)26-21-23-13(2)11-14(3)24-21/h5-12H,4H2,1-3H3,(H,25,27)(H,23,24,26). The van der Waals surface area contributed by atoms with Crippen LogP contribution in [-0.2, 0) is 10.0 Å². The van der Waals surface area contributed by atoms with E-state index in [-0.39, 0.29) is 16.8 Å². The summed E-state index contributed by atoms with van der Waals surface area (Å²) in [7, 11) is -3.88. The maximum absolute atomic E-state index is 12.7. The van der Waals surface area contributed by atoms with Crippen molar-refractivity contribution in [3.8, 4) is 5.75 Å². The molecule has 0 aliphatic rings. The van der Waals surface area contributed by atoms with Crippen molar-refractivity contribution in [2.45, 2.75) is 25.7 Å². The van der Waals surface area contributed by atoms with Crippen LogP contribution >= 0.6 is 15.9 Å². The summed E-state index contributed by atoms with van der Waals surface area (Å²) in [4.78, 5) is 20.9. The predicted octanol–water partition coefficient (Wildman–Crippen LogP) is 4.31. The zero-order chi connectivity index (χ0) is 22.6. The van der Waals surface area contributed by atoms with E-state index in [4.69, 9.17) is 4.74 Å². The Bertz CT molecular complexity index is 1190. The molecule has 0 unspecified atom stereocenters. The van der Waals surface area contributed by atoms with Crippen LogP contribution in [0.1, 0.15) is 28.7 Å². The summed E-state index contributed by atoms with van der Waals surface area (Å²) in [5.74, 6) is 0.0927. The Morgan fingerprint density at radius 1 is 1.03 bits per heavy atom. The molecule has 0 saturated carbocycles. The summed E-state index contributed by atoms with van der Waals surface area (Å²) in [6, 6.07) is 12.7. The van der Waals surface area contributed by atoms with Crippen LogP contribution in [0.2, 0.25) is 0 Å². The van der Waals surface area contributed by atoms with E-state index in [2.05, 4.69) is 35.9 Å². The van der Waals surface area contributed by atoms with Crippen molar-refractivity contribution in [2.75, 3.05) is 16.6 Å². The molecule has 0 spiro atoms. The summed E-state index contributed by atoms with van der Waals surface area (Å²) in [5.41, 5.74) is 2.11. The van der Waals surface area contributed by atoms with Crippen molar-refractivity contribution in [1.82, 2.24) is 9.97 Å². The van der Waals surface area contributed by atoms with Gasteiger partial charge in [0.05, 0.1) is 17.1 Å². The Balaban J connectivity index is 1.77. The SMILES string of the molecule is CCOc1ccc(Br)cc1C(=O)Nc1ccc(S(=O)(=O)Nc2nc(C)cc(C)n2)cc1. The van der Waals surface area contributed by atoms with Gasteiger partial charge in [0.2, 0.25) is 5.95 Å². The van der Waals surface area contributed by atoms with Gasteiger partial charge >= 0.3 is 0 Å². The molecule has 1 aromatic heterocycles. The molecule has 0 atom stereocenters. The molecule has 3 rings (SSSR count). The second-order valence-corrected chi connectivity index (χ2v) is 9.23. The first-order chi connectivity index (χ1) is 14.7. The van der Waals surface area contributed by atoms with Crippen LogP contribution in [0.25, 0.3) is 0 Å². The first-order valence-corrected chi connectivity index (χ1v) is 11.6. The van der Waals surface area contributed by atoms with Crippen molar-refractivity contribution in [1.29, 1.82) is 0 Å². The number of aryl methyl sites for hydroxylation is 2. The number of sulfonamides is 1. The van der Waals surface area contributed by atoms with E-state index < -0.39 is 10.0 Å². The van der Waals surface area contributed by atoms with Gasteiger partial charge < -0.3 is 10.1 Å². The molecule has 0 aliphatic carbocycles. The molecule has 3 aromatic rings. The third-order valence-corrected chi connectivity index (χ3v) is 5.95. The van der Waals surface area contributed by atoms with Crippen LogP contribution in [0, 0.1) is 13.8 Å². The fraction of sp³-hybridized carbons (Fsp3) is 0.190. The van der Waals surface area contributed by atoms with Crippen LogP contribution in [0.15, 0.2) is 57.9 Å². The van der Waals surface area contributed by atoms with Crippen LogP contribution in [0.3, 0.4) is 0 Å². The van der Waals surface area contributed by atoms with E-state index >= 15 is 0 Å². The number of hydrogen-bond donors (Lipinski definition) is 2. The topological polar surface area (TPSA) is 110 Å². The van der Waals surface area contributed by atoms with Crippen molar-refractivity contribution < 1.29 is 17.9 Å². The highest BCUT2D eigenvalue weighted by Gasteiger charge is 2.17. The number of carbonyl (C=O) groups is 1. The minimum absolute atomic E-state index is 0.00740. The Morgan fingerprint density at radius 3 is 2.29 bits per heavy atom. The van der Waals surface area contributed by atoms with Gasteiger partial charge in [-0.15, -0.1) is 0 Å². The van der Waals surface area contributed by atoms with Crippen molar-refractivity contribution >= 4 is 43.5 Å². The summed E-state index contributed by atoms with van der Waals surface area (Å²) in [5, 5.41) is 2.75. The highest BCUT2D eigenvalue weighted by Crippen LogP contribution is 2.25. The Labute approximate surface area is 189 Å². The second-order valence-electron chi connectivity index (χ2n) is 6.63. The summed E-state index contributed by atoms with van der Waals surface area (Å²) >= 11 is 3.35. The number of ether oxygens (including phenoxy) is 1. The molecule has 2 N–H and O–H groups in total. The van der Waals surface area contributed by atoms with Crippen molar-refractivity contribution in [2.24, 2.45) is 0 Å². The van der Waals surface area contributed by atoms with Crippen LogP contribution < -0.4 is 14.8 Å². The molecule has 1 heterocycles. The Kier molecular flexibility index (Phi) is 6.91. The zero-order valence-electron chi connectivity index (χ0n) is 17.1. The fourth-order valence-electron chi connectivity index (χ4n) is 2.83. The average Bonchev–Trinajstić information content (AvgIpc) is 2.68. The van der Waals surface area contributed by atoms with E-state index in [0.717, 1.165) is 4.47 Å². The van der Waals surface area contributed by atoms with Crippen molar-refractivity contribution in [3.05, 3.63) is 70.0 Å². The Morgan fingerprint density at radius 2 is 1.68 bits per heavy atom. The first-order valence-electron chi connectivity index (χ1n) is 9.37. The molecule has 162 valence electrons. The largest absolute Gasteiger partial charge is 0.493 e. The number of nitrogens with zero attached hydrogens (tertiary/aromatic N) is 2. The number of anilines is 2. The molecule has 31 heavy (non-hydrogen) atoms. The summed E-state index contributed by atoms with van der Waals surface area (Å²) in [6.07, 6.45) is 0. The van der Waals surface area contributed by atoms with Crippen LogP contribution in [-0.4, -0.2) is 30.9 Å². The lowest BCUT2D eigenvalue weighted by atomic mass is 10.2. The molecule has 0 fully saturated rings. The number of aromatic nitrogens is 2. The first kappa shape index (κ1) is 22.7. The molecular weight excluding hydrogens is 484 g/mol. The zero-order valence-corrected chi connectivity index (χ0v) is 19.5. The molecule has 10 heteroatoms. The van der Waals surface area contributed by atoms with Gasteiger partial charge in [-0.2, -0.15) is 0 Å². The van der Waals surface area contributed by atoms with Gasteiger partial charge in [0, 0.05) is 21.5 Å². The number of rotatable bonds is 7. The van der Waals surface area contributed by atoms with Gasteiger partial charge in [0.25, 0.3) is 15.9 Å². The molecule has 0 saturated heterocycles. The minimum atomic E-state index is -3.88. The lowest BCUT2D eigenvalue weighted by molar-refractivity contribution is 0.102. The molecule has 0 aliphatic heterocycles. The van der Waals surface area contributed by atoms with Gasteiger partial charge in [0.1, 0.15) is 5.75 Å². The monoisotopic (exact) mass is 504 g/mol. The minimum Gasteiger partial charge on any atom is -0.493 e.